The number of pyridine rings is 1. The third kappa shape index (κ3) is 4.56. The fourth-order valence-corrected chi connectivity index (χ4v) is 3.29. The maximum absolute atomic E-state index is 13.5. The number of alkyl halides is 3. The lowest BCUT2D eigenvalue weighted by atomic mass is 10.1. The van der Waals surface area contributed by atoms with Crippen LogP contribution in [-0.2, 0) is 12.4 Å². The van der Waals surface area contributed by atoms with Crippen LogP contribution < -0.4 is 5.73 Å². The highest BCUT2D eigenvalue weighted by Gasteiger charge is 2.44. The highest BCUT2D eigenvalue weighted by molar-refractivity contribution is 7.97. The molecule has 1 heterocycles. The van der Waals surface area contributed by atoms with Crippen molar-refractivity contribution in [3.05, 3.63) is 47.1 Å². The van der Waals surface area contributed by atoms with E-state index in [9.17, 15) is 13.2 Å². The number of nitrogens with two attached hydrogens (primary N) is 1. The van der Waals surface area contributed by atoms with E-state index < -0.39 is 12.2 Å². The first kappa shape index (κ1) is 18.9. The van der Waals surface area contributed by atoms with E-state index in [-0.39, 0.29) is 17.1 Å². The molecule has 0 aliphatic heterocycles. The van der Waals surface area contributed by atoms with Gasteiger partial charge in [0.25, 0.3) is 0 Å². The van der Waals surface area contributed by atoms with E-state index >= 15 is 0 Å². The molecule has 0 aliphatic carbocycles. The van der Waals surface area contributed by atoms with Gasteiger partial charge in [-0.05, 0) is 42.8 Å². The number of hydrogen-bond acceptors (Lipinski definition) is 6. The van der Waals surface area contributed by atoms with Crippen molar-refractivity contribution in [1.82, 2.24) is 9.29 Å². The minimum Gasteiger partial charge on any atom is -0.396 e. The Morgan fingerprint density at radius 2 is 1.96 bits per heavy atom. The summed E-state index contributed by atoms with van der Waals surface area (Å²) in [5.41, 5.74) is 6.00. The summed E-state index contributed by atoms with van der Waals surface area (Å²) in [6, 6.07) is 5.21. The summed E-state index contributed by atoms with van der Waals surface area (Å²) in [7, 11) is 1.35. The Morgan fingerprint density at radius 1 is 1.33 bits per heavy atom. The molecule has 0 aliphatic rings. The lowest BCUT2D eigenvalue weighted by molar-refractivity contribution is -0.169. The summed E-state index contributed by atoms with van der Waals surface area (Å²) in [4.78, 5) is 4.36. The van der Waals surface area contributed by atoms with Crippen molar-refractivity contribution >= 4 is 47.5 Å². The first-order valence-corrected chi connectivity index (χ1v) is 8.06. The molecular formula is C14H12ClF3N4S2. The number of benzene rings is 1. The predicted molar refractivity (Wildman–Crippen MR) is 92.0 cm³/mol. The van der Waals surface area contributed by atoms with Crippen LogP contribution in [-0.4, -0.2) is 22.5 Å². The van der Waals surface area contributed by atoms with Gasteiger partial charge in [0, 0.05) is 28.5 Å². The first-order valence-electron chi connectivity index (χ1n) is 6.54. The molecule has 2 rings (SSSR count). The number of hydrogen-bond donors (Lipinski definition) is 1. The third-order valence-electron chi connectivity index (χ3n) is 3.07. The topological polar surface area (TPSA) is 54.5 Å². The van der Waals surface area contributed by atoms with Crippen molar-refractivity contribution < 1.29 is 13.2 Å². The summed E-state index contributed by atoms with van der Waals surface area (Å²) in [6.07, 6.45) is -3.09. The van der Waals surface area contributed by atoms with Crippen molar-refractivity contribution in [3.63, 3.8) is 0 Å². The standard InChI is InChI=1S/C14H12ClF3N4S2/c1-22(24-10-6-11(19)13(21-23)20-7-10)12(14(16,17)18)8-2-4-9(15)5-3-8/h2-7,12H,19H2,1H3/t12-/m1/s1. The lowest BCUT2D eigenvalue weighted by Gasteiger charge is -2.29. The second-order valence-electron chi connectivity index (χ2n) is 4.81. The number of rotatable bonds is 5. The van der Waals surface area contributed by atoms with E-state index in [1.807, 2.05) is 0 Å². The molecule has 0 amide bonds. The molecule has 0 unspecified atom stereocenters. The smallest absolute Gasteiger partial charge is 0.396 e. The molecule has 0 bridgehead atoms. The van der Waals surface area contributed by atoms with Crippen LogP contribution in [0.4, 0.5) is 24.7 Å². The van der Waals surface area contributed by atoms with Crippen molar-refractivity contribution in [2.45, 2.75) is 17.1 Å². The maximum Gasteiger partial charge on any atom is 0.408 e. The Bertz CT molecular complexity index is 725. The highest BCUT2D eigenvalue weighted by atomic mass is 35.5. The first-order chi connectivity index (χ1) is 11.2. The molecule has 0 saturated carbocycles. The van der Waals surface area contributed by atoms with Crippen molar-refractivity contribution in [2.75, 3.05) is 12.8 Å². The molecule has 10 heteroatoms. The van der Waals surface area contributed by atoms with Gasteiger partial charge in [-0.1, -0.05) is 23.7 Å². The Hall–Kier alpha value is -1.42. The number of nitrogen functional groups attached to an aromatic ring is 1. The van der Waals surface area contributed by atoms with Crippen LogP contribution >= 0.6 is 23.5 Å². The molecule has 2 aromatic rings. The molecular weight excluding hydrogens is 381 g/mol. The molecule has 1 atom stereocenters. The van der Waals surface area contributed by atoms with Gasteiger partial charge in [0.05, 0.1) is 5.69 Å². The van der Waals surface area contributed by atoms with Gasteiger partial charge in [-0.3, -0.25) is 0 Å². The molecule has 4 nitrogen and oxygen atoms in total. The fraction of sp³-hybridized carbons (Fsp3) is 0.214. The molecule has 0 fully saturated rings. The molecule has 0 radical (unpaired) electrons. The lowest BCUT2D eigenvalue weighted by Crippen LogP contribution is -2.31. The Kier molecular flexibility index (Phi) is 6.02. The van der Waals surface area contributed by atoms with Crippen LogP contribution in [0.25, 0.3) is 0 Å². The average Bonchev–Trinajstić information content (AvgIpc) is 2.48. The van der Waals surface area contributed by atoms with Crippen LogP contribution in [0.5, 0.6) is 0 Å². The largest absolute Gasteiger partial charge is 0.408 e. The molecule has 24 heavy (non-hydrogen) atoms. The monoisotopic (exact) mass is 392 g/mol. The van der Waals surface area contributed by atoms with Gasteiger partial charge in [-0.2, -0.15) is 17.5 Å². The fourth-order valence-electron chi connectivity index (χ4n) is 2.05. The predicted octanol–water partition coefficient (Wildman–Crippen LogP) is 4.92. The van der Waals surface area contributed by atoms with Gasteiger partial charge >= 0.3 is 6.18 Å². The molecule has 1 aromatic carbocycles. The number of aromatic nitrogens is 1. The van der Waals surface area contributed by atoms with Gasteiger partial charge in [0.2, 0.25) is 0 Å². The second kappa shape index (κ2) is 7.64. The maximum atomic E-state index is 13.5. The molecule has 128 valence electrons. The molecule has 0 saturated heterocycles. The normalized spacial score (nSPS) is 13.1. The van der Waals surface area contributed by atoms with Crippen molar-refractivity contribution in [3.8, 4) is 0 Å². The van der Waals surface area contributed by atoms with E-state index in [0.29, 0.717) is 9.92 Å². The van der Waals surface area contributed by atoms with Crippen LogP contribution in [0.15, 0.2) is 45.8 Å². The van der Waals surface area contributed by atoms with E-state index in [4.69, 9.17) is 17.3 Å². The van der Waals surface area contributed by atoms with E-state index in [2.05, 4.69) is 21.8 Å². The van der Waals surface area contributed by atoms with E-state index in [1.165, 1.54) is 43.6 Å². The Labute approximate surface area is 151 Å². The van der Waals surface area contributed by atoms with Crippen LogP contribution in [0.1, 0.15) is 11.6 Å². The third-order valence-corrected chi connectivity index (χ3v) is 4.42. The zero-order valence-electron chi connectivity index (χ0n) is 12.3. The SMILES string of the molecule is CN(Sc1cnc(N=S)c(N)c1)[C@H](c1ccc(Cl)cc1)C(F)(F)F. The van der Waals surface area contributed by atoms with Gasteiger partial charge in [-0.25, -0.2) is 9.29 Å². The summed E-state index contributed by atoms with van der Waals surface area (Å²) in [6.45, 7) is 0. The minimum atomic E-state index is -4.47. The van der Waals surface area contributed by atoms with Gasteiger partial charge < -0.3 is 5.73 Å². The Morgan fingerprint density at radius 3 is 2.46 bits per heavy atom. The highest BCUT2D eigenvalue weighted by Crippen LogP contribution is 2.42. The molecule has 1 aromatic heterocycles. The van der Waals surface area contributed by atoms with Gasteiger partial charge in [0.15, 0.2) is 5.82 Å². The van der Waals surface area contributed by atoms with Crippen molar-refractivity contribution in [2.24, 2.45) is 4.36 Å². The average molecular weight is 393 g/mol. The summed E-state index contributed by atoms with van der Waals surface area (Å²) in [5.74, 6) is 0.169. The molecule has 0 spiro atoms. The zero-order chi connectivity index (χ0) is 17.9. The van der Waals surface area contributed by atoms with E-state index in [1.54, 1.807) is 0 Å². The number of halogens is 4. The van der Waals surface area contributed by atoms with E-state index in [0.717, 1.165) is 16.3 Å². The summed E-state index contributed by atoms with van der Waals surface area (Å²) in [5, 5.41) is 0.371. The van der Waals surface area contributed by atoms with Gasteiger partial charge in [0.1, 0.15) is 6.04 Å². The Balaban J connectivity index is 2.28. The van der Waals surface area contributed by atoms with Gasteiger partial charge in [-0.15, -0.1) is 0 Å². The van der Waals surface area contributed by atoms with Crippen LogP contribution in [0, 0.1) is 0 Å². The van der Waals surface area contributed by atoms with Crippen molar-refractivity contribution in [1.29, 1.82) is 0 Å². The van der Waals surface area contributed by atoms with Crippen LogP contribution in [0.2, 0.25) is 5.02 Å². The number of anilines is 1. The molecule has 2 N–H and O–H groups in total. The second-order valence-corrected chi connectivity index (χ2v) is 6.66. The zero-order valence-corrected chi connectivity index (χ0v) is 14.7. The minimum absolute atomic E-state index is 0.0833. The van der Waals surface area contributed by atoms with Crippen LogP contribution in [0.3, 0.4) is 0 Å². The quantitative estimate of drug-likeness (QED) is 0.732. The summed E-state index contributed by atoms with van der Waals surface area (Å²) < 4.78 is 45.0. The summed E-state index contributed by atoms with van der Waals surface area (Å²) >= 11 is 11.1. The number of nitrogens with zero attached hydrogens (tertiary/aromatic N) is 3.